The van der Waals surface area contributed by atoms with E-state index < -0.39 is 5.91 Å². The molecule has 1 aromatic carbocycles. The van der Waals surface area contributed by atoms with E-state index in [1.807, 2.05) is 0 Å². The van der Waals surface area contributed by atoms with E-state index in [2.05, 4.69) is 5.10 Å². The number of anilines is 1. The van der Waals surface area contributed by atoms with E-state index in [9.17, 15) is 9.18 Å². The Morgan fingerprint density at radius 1 is 1.20 bits per heavy atom. The molecule has 0 spiro atoms. The molecule has 0 fully saturated rings. The number of nitrogen functional groups attached to an aromatic ring is 1. The lowest BCUT2D eigenvalue weighted by Gasteiger charge is -2.02. The van der Waals surface area contributed by atoms with Gasteiger partial charge in [-0.2, -0.15) is 5.10 Å². The molecule has 0 aliphatic carbocycles. The van der Waals surface area contributed by atoms with E-state index in [-0.39, 0.29) is 17.1 Å². The van der Waals surface area contributed by atoms with Crippen LogP contribution >= 0.6 is 0 Å². The predicted molar refractivity (Wildman–Crippen MR) is 73.5 cm³/mol. The van der Waals surface area contributed by atoms with Gasteiger partial charge in [-0.25, -0.2) is 8.91 Å². The Morgan fingerprint density at radius 3 is 2.55 bits per heavy atom. The fraction of sp³-hybridized carbons (Fsp3) is 0. The van der Waals surface area contributed by atoms with Crippen molar-refractivity contribution in [1.82, 2.24) is 9.61 Å². The largest absolute Gasteiger partial charge is 0.396 e. The fourth-order valence-electron chi connectivity index (χ4n) is 2.07. The highest BCUT2D eigenvalue weighted by Crippen LogP contribution is 2.26. The number of nitrogens with zero attached hydrogens (tertiary/aromatic N) is 2. The molecule has 5 nitrogen and oxygen atoms in total. The van der Waals surface area contributed by atoms with E-state index >= 15 is 0 Å². The van der Waals surface area contributed by atoms with Crippen molar-refractivity contribution in [2.45, 2.75) is 0 Å². The van der Waals surface area contributed by atoms with Crippen LogP contribution in [0.5, 0.6) is 0 Å². The summed E-state index contributed by atoms with van der Waals surface area (Å²) in [4.78, 5) is 11.2. The topological polar surface area (TPSA) is 86.4 Å². The highest BCUT2D eigenvalue weighted by atomic mass is 19.1. The maximum absolute atomic E-state index is 12.9. The Balaban J connectivity index is 2.18. The molecule has 0 radical (unpaired) electrons. The lowest BCUT2D eigenvalue weighted by molar-refractivity contribution is 0.100. The number of rotatable bonds is 2. The number of amides is 1. The monoisotopic (exact) mass is 270 g/mol. The maximum atomic E-state index is 12.9. The van der Waals surface area contributed by atoms with Crippen LogP contribution in [0.2, 0.25) is 0 Å². The molecule has 2 aromatic heterocycles. The highest BCUT2D eigenvalue weighted by Gasteiger charge is 2.12. The molecular formula is C14H11FN4O. The van der Waals surface area contributed by atoms with Gasteiger partial charge in [-0.1, -0.05) is 12.1 Å². The summed E-state index contributed by atoms with van der Waals surface area (Å²) in [5, 5.41) is 4.09. The van der Waals surface area contributed by atoms with Crippen LogP contribution in [0.3, 0.4) is 0 Å². The molecule has 0 saturated carbocycles. The highest BCUT2D eigenvalue weighted by molar-refractivity contribution is 6.01. The second-order valence-corrected chi connectivity index (χ2v) is 4.40. The van der Waals surface area contributed by atoms with Crippen molar-refractivity contribution >= 4 is 17.1 Å². The lowest BCUT2D eigenvalue weighted by atomic mass is 10.1. The average molecular weight is 270 g/mol. The molecule has 1 amide bonds. The van der Waals surface area contributed by atoms with Crippen molar-refractivity contribution in [3.63, 3.8) is 0 Å². The standard InChI is InChI=1S/C14H11FN4O/c15-10-3-1-8(2-4-10)9-5-12-13(16)11(14(17)20)6-18-19(12)7-9/h1-7H,16H2,(H2,17,20). The summed E-state index contributed by atoms with van der Waals surface area (Å²) in [6.07, 6.45) is 3.09. The van der Waals surface area contributed by atoms with Crippen LogP contribution < -0.4 is 11.5 Å². The van der Waals surface area contributed by atoms with Crippen molar-refractivity contribution in [1.29, 1.82) is 0 Å². The summed E-state index contributed by atoms with van der Waals surface area (Å²) in [6, 6.07) is 7.86. The van der Waals surface area contributed by atoms with Gasteiger partial charge in [0.1, 0.15) is 5.82 Å². The first-order valence-electron chi connectivity index (χ1n) is 5.89. The zero-order valence-corrected chi connectivity index (χ0v) is 10.4. The van der Waals surface area contributed by atoms with Gasteiger partial charge >= 0.3 is 0 Å². The number of benzene rings is 1. The van der Waals surface area contributed by atoms with Crippen molar-refractivity contribution < 1.29 is 9.18 Å². The first kappa shape index (κ1) is 12.2. The SMILES string of the molecule is NC(=O)c1cnn2cc(-c3ccc(F)cc3)cc2c1N. The number of halogens is 1. The van der Waals surface area contributed by atoms with Crippen LogP contribution in [0.25, 0.3) is 16.6 Å². The number of hydrogen-bond acceptors (Lipinski definition) is 3. The molecule has 0 bridgehead atoms. The van der Waals surface area contributed by atoms with Gasteiger partial charge in [0.25, 0.3) is 5.91 Å². The average Bonchev–Trinajstić information content (AvgIpc) is 2.84. The van der Waals surface area contributed by atoms with Gasteiger partial charge in [0.2, 0.25) is 0 Å². The van der Waals surface area contributed by atoms with Crippen LogP contribution in [0, 0.1) is 5.82 Å². The second kappa shape index (κ2) is 4.34. The molecular weight excluding hydrogens is 259 g/mol. The Bertz CT molecular complexity index is 808. The van der Waals surface area contributed by atoms with Crippen molar-refractivity contribution in [2.75, 3.05) is 5.73 Å². The van der Waals surface area contributed by atoms with Crippen LogP contribution in [-0.4, -0.2) is 15.5 Å². The van der Waals surface area contributed by atoms with Gasteiger partial charge in [-0.3, -0.25) is 4.79 Å². The number of aromatic nitrogens is 2. The molecule has 6 heteroatoms. The van der Waals surface area contributed by atoms with E-state index in [1.54, 1.807) is 28.9 Å². The molecule has 3 aromatic rings. The van der Waals surface area contributed by atoms with Crippen molar-refractivity contribution in [3.05, 3.63) is 54.1 Å². The summed E-state index contributed by atoms with van der Waals surface area (Å²) in [5.41, 5.74) is 13.8. The molecule has 20 heavy (non-hydrogen) atoms. The zero-order valence-electron chi connectivity index (χ0n) is 10.4. The van der Waals surface area contributed by atoms with Gasteiger partial charge in [0, 0.05) is 11.8 Å². The molecule has 100 valence electrons. The third kappa shape index (κ3) is 1.87. The normalized spacial score (nSPS) is 10.8. The van der Waals surface area contributed by atoms with Crippen molar-refractivity contribution in [2.24, 2.45) is 5.73 Å². The molecule has 0 aliphatic rings. The minimum atomic E-state index is -0.623. The summed E-state index contributed by atoms with van der Waals surface area (Å²) in [7, 11) is 0. The van der Waals surface area contributed by atoms with Gasteiger partial charge in [0.05, 0.1) is 23.0 Å². The lowest BCUT2D eigenvalue weighted by Crippen LogP contribution is -2.15. The zero-order chi connectivity index (χ0) is 14.3. The number of nitrogens with two attached hydrogens (primary N) is 2. The minimum Gasteiger partial charge on any atom is -0.396 e. The molecule has 0 saturated heterocycles. The number of primary amides is 1. The van der Waals surface area contributed by atoms with Crippen LogP contribution in [-0.2, 0) is 0 Å². The Kier molecular flexibility index (Phi) is 2.64. The van der Waals surface area contributed by atoms with E-state index in [0.29, 0.717) is 5.52 Å². The van der Waals surface area contributed by atoms with Gasteiger partial charge in [0.15, 0.2) is 0 Å². The van der Waals surface area contributed by atoms with Gasteiger partial charge in [-0.15, -0.1) is 0 Å². The fourth-order valence-corrected chi connectivity index (χ4v) is 2.07. The molecule has 0 aliphatic heterocycles. The van der Waals surface area contributed by atoms with E-state index in [0.717, 1.165) is 11.1 Å². The number of carbonyl (C=O) groups excluding carboxylic acids is 1. The quantitative estimate of drug-likeness (QED) is 0.744. The third-order valence-corrected chi connectivity index (χ3v) is 3.12. The number of fused-ring (bicyclic) bond motifs is 1. The summed E-state index contributed by atoms with van der Waals surface area (Å²) < 4.78 is 14.5. The van der Waals surface area contributed by atoms with Crippen LogP contribution in [0.15, 0.2) is 42.7 Å². The first-order valence-corrected chi connectivity index (χ1v) is 5.89. The van der Waals surface area contributed by atoms with E-state index in [1.165, 1.54) is 18.3 Å². The smallest absolute Gasteiger partial charge is 0.252 e. The first-order chi connectivity index (χ1) is 9.56. The molecule has 3 rings (SSSR count). The summed E-state index contributed by atoms with van der Waals surface area (Å²) in [5.74, 6) is -0.923. The summed E-state index contributed by atoms with van der Waals surface area (Å²) in [6.45, 7) is 0. The molecule has 4 N–H and O–H groups in total. The molecule has 2 heterocycles. The van der Waals surface area contributed by atoms with Crippen LogP contribution in [0.4, 0.5) is 10.1 Å². The van der Waals surface area contributed by atoms with Crippen molar-refractivity contribution in [3.8, 4) is 11.1 Å². The predicted octanol–water partition coefficient (Wildman–Crippen LogP) is 1.82. The van der Waals surface area contributed by atoms with Crippen LogP contribution in [0.1, 0.15) is 10.4 Å². The maximum Gasteiger partial charge on any atom is 0.252 e. The Hall–Kier alpha value is -2.89. The third-order valence-electron chi connectivity index (χ3n) is 3.12. The number of carbonyl (C=O) groups is 1. The Labute approximate surface area is 113 Å². The molecule has 0 unspecified atom stereocenters. The Morgan fingerprint density at radius 2 is 1.90 bits per heavy atom. The minimum absolute atomic E-state index is 0.182. The second-order valence-electron chi connectivity index (χ2n) is 4.40. The van der Waals surface area contributed by atoms with Gasteiger partial charge < -0.3 is 11.5 Å². The summed E-state index contributed by atoms with van der Waals surface area (Å²) >= 11 is 0. The molecule has 0 atom stereocenters. The van der Waals surface area contributed by atoms with Gasteiger partial charge in [-0.05, 0) is 23.8 Å². The van der Waals surface area contributed by atoms with E-state index in [4.69, 9.17) is 11.5 Å². The number of hydrogen-bond donors (Lipinski definition) is 2.